The predicted octanol–water partition coefficient (Wildman–Crippen LogP) is 2.99. The molecule has 10 heteroatoms. The minimum atomic E-state index is -0.850. The van der Waals surface area contributed by atoms with Gasteiger partial charge in [0.2, 0.25) is 5.43 Å². The molecule has 0 saturated heterocycles. The molecule has 30 heavy (non-hydrogen) atoms. The van der Waals surface area contributed by atoms with E-state index < -0.39 is 17.2 Å². The van der Waals surface area contributed by atoms with Gasteiger partial charge in [0.1, 0.15) is 23.9 Å². The highest BCUT2D eigenvalue weighted by Gasteiger charge is 2.20. The molecule has 4 rings (SSSR count). The van der Waals surface area contributed by atoms with Gasteiger partial charge in [0.15, 0.2) is 11.0 Å². The Morgan fingerprint density at radius 2 is 2.03 bits per heavy atom. The van der Waals surface area contributed by atoms with Crippen molar-refractivity contribution in [1.29, 1.82) is 0 Å². The van der Waals surface area contributed by atoms with Crippen LogP contribution in [-0.4, -0.2) is 36.9 Å². The standard InChI is InChI=1S/C20H15ClFN5O3/c1-2-30-20(29)15-9-27(19-14(17(15)28)7-16(22)18(21)25-19)13-5-3-12(4-6-13)8-26-11-23-10-24-26/h3-7,9-11H,2,8H2,1H3. The van der Waals surface area contributed by atoms with E-state index in [1.54, 1.807) is 30.1 Å². The number of fused-ring (bicyclic) bond motifs is 1. The highest BCUT2D eigenvalue weighted by molar-refractivity contribution is 6.29. The zero-order valence-electron chi connectivity index (χ0n) is 15.7. The van der Waals surface area contributed by atoms with Crippen molar-refractivity contribution in [3.05, 3.63) is 81.5 Å². The third-order valence-corrected chi connectivity index (χ3v) is 4.67. The molecule has 0 unspecified atom stereocenters. The fourth-order valence-electron chi connectivity index (χ4n) is 3.02. The Morgan fingerprint density at radius 3 is 2.70 bits per heavy atom. The molecule has 0 bridgehead atoms. The van der Waals surface area contributed by atoms with Gasteiger partial charge < -0.3 is 9.30 Å². The molecule has 0 spiro atoms. The summed E-state index contributed by atoms with van der Waals surface area (Å²) in [5, 5.41) is 3.62. The summed E-state index contributed by atoms with van der Waals surface area (Å²) in [6.45, 7) is 2.25. The molecule has 1 aromatic carbocycles. The maximum atomic E-state index is 14.0. The molecule has 3 aromatic heterocycles. The number of halogens is 2. The number of pyridine rings is 2. The summed E-state index contributed by atoms with van der Waals surface area (Å²) in [5.74, 6) is -1.65. The maximum Gasteiger partial charge on any atom is 0.343 e. The molecule has 0 radical (unpaired) electrons. The number of esters is 1. The summed E-state index contributed by atoms with van der Waals surface area (Å²) in [6, 6.07) is 8.26. The topological polar surface area (TPSA) is 91.9 Å². The van der Waals surface area contributed by atoms with E-state index in [0.717, 1.165) is 11.6 Å². The van der Waals surface area contributed by atoms with E-state index in [4.69, 9.17) is 16.3 Å². The first-order valence-electron chi connectivity index (χ1n) is 8.98. The van der Waals surface area contributed by atoms with Gasteiger partial charge in [0, 0.05) is 11.9 Å². The average Bonchev–Trinajstić information content (AvgIpc) is 3.24. The minimum Gasteiger partial charge on any atom is -0.462 e. The van der Waals surface area contributed by atoms with Gasteiger partial charge in [-0.3, -0.25) is 4.79 Å². The molecule has 0 fully saturated rings. The lowest BCUT2D eigenvalue weighted by Crippen LogP contribution is -2.21. The van der Waals surface area contributed by atoms with Crippen LogP contribution in [0, 0.1) is 5.82 Å². The van der Waals surface area contributed by atoms with Crippen LogP contribution in [0.3, 0.4) is 0 Å². The highest BCUT2D eigenvalue weighted by Crippen LogP contribution is 2.21. The second kappa shape index (κ2) is 8.03. The van der Waals surface area contributed by atoms with Crippen molar-refractivity contribution in [3.63, 3.8) is 0 Å². The first kappa shape index (κ1) is 19.7. The number of aromatic nitrogens is 5. The third-order valence-electron chi connectivity index (χ3n) is 4.41. The molecule has 0 atom stereocenters. The number of hydrogen-bond donors (Lipinski definition) is 0. The van der Waals surface area contributed by atoms with Gasteiger partial charge in [-0.1, -0.05) is 23.7 Å². The molecule has 0 aliphatic heterocycles. The van der Waals surface area contributed by atoms with Gasteiger partial charge in [-0.25, -0.2) is 23.8 Å². The second-order valence-electron chi connectivity index (χ2n) is 6.35. The summed E-state index contributed by atoms with van der Waals surface area (Å²) < 4.78 is 22.2. The smallest absolute Gasteiger partial charge is 0.343 e. The number of rotatable bonds is 5. The van der Waals surface area contributed by atoms with E-state index in [-0.39, 0.29) is 28.4 Å². The quantitative estimate of drug-likeness (QED) is 0.359. The Kier molecular flexibility index (Phi) is 5.28. The number of carbonyl (C=O) groups is 1. The van der Waals surface area contributed by atoms with Crippen LogP contribution in [0.2, 0.25) is 5.15 Å². The minimum absolute atomic E-state index is 0.0749. The van der Waals surface area contributed by atoms with Crippen LogP contribution in [0.1, 0.15) is 22.8 Å². The van der Waals surface area contributed by atoms with Crippen molar-refractivity contribution < 1.29 is 13.9 Å². The van der Waals surface area contributed by atoms with Crippen LogP contribution in [0.5, 0.6) is 0 Å². The van der Waals surface area contributed by atoms with E-state index in [9.17, 15) is 14.0 Å². The van der Waals surface area contributed by atoms with E-state index >= 15 is 0 Å². The number of nitrogens with zero attached hydrogens (tertiary/aromatic N) is 5. The molecule has 0 amide bonds. The van der Waals surface area contributed by atoms with Gasteiger partial charge in [-0.15, -0.1) is 0 Å². The lowest BCUT2D eigenvalue weighted by atomic mass is 10.1. The van der Waals surface area contributed by atoms with Crippen LogP contribution >= 0.6 is 11.6 Å². The normalized spacial score (nSPS) is 11.0. The number of benzene rings is 1. The first-order valence-corrected chi connectivity index (χ1v) is 9.36. The molecule has 0 N–H and O–H groups in total. The van der Waals surface area contributed by atoms with Crippen molar-refractivity contribution in [2.24, 2.45) is 0 Å². The van der Waals surface area contributed by atoms with Crippen molar-refractivity contribution in [2.45, 2.75) is 13.5 Å². The monoisotopic (exact) mass is 427 g/mol. The first-order chi connectivity index (χ1) is 14.5. The van der Waals surface area contributed by atoms with Crippen molar-refractivity contribution in [1.82, 2.24) is 24.3 Å². The Labute approximate surface area is 174 Å². The lowest BCUT2D eigenvalue weighted by Gasteiger charge is -2.13. The zero-order valence-corrected chi connectivity index (χ0v) is 16.5. The number of carbonyl (C=O) groups excluding carboxylic acids is 1. The van der Waals surface area contributed by atoms with Gasteiger partial charge in [-0.05, 0) is 30.7 Å². The van der Waals surface area contributed by atoms with E-state index in [1.807, 2.05) is 12.1 Å². The van der Waals surface area contributed by atoms with Gasteiger partial charge in [0.05, 0.1) is 18.5 Å². The van der Waals surface area contributed by atoms with E-state index in [2.05, 4.69) is 15.1 Å². The molecular formula is C20H15ClFN5O3. The largest absolute Gasteiger partial charge is 0.462 e. The van der Waals surface area contributed by atoms with Crippen molar-refractivity contribution in [3.8, 4) is 5.69 Å². The Morgan fingerprint density at radius 1 is 1.27 bits per heavy atom. The van der Waals surface area contributed by atoms with E-state index in [0.29, 0.717) is 12.2 Å². The van der Waals surface area contributed by atoms with Gasteiger partial charge in [0.25, 0.3) is 0 Å². The lowest BCUT2D eigenvalue weighted by molar-refractivity contribution is 0.0524. The molecule has 152 valence electrons. The summed E-state index contributed by atoms with van der Waals surface area (Å²) in [5.41, 5.74) is 0.786. The fraction of sp³-hybridized carbons (Fsp3) is 0.150. The van der Waals surface area contributed by atoms with Gasteiger partial charge >= 0.3 is 5.97 Å². The summed E-state index contributed by atoms with van der Waals surface area (Å²) in [7, 11) is 0. The third kappa shape index (κ3) is 3.67. The summed E-state index contributed by atoms with van der Waals surface area (Å²) >= 11 is 5.85. The van der Waals surface area contributed by atoms with Crippen LogP contribution in [0.25, 0.3) is 16.7 Å². The molecule has 0 saturated carbocycles. The van der Waals surface area contributed by atoms with Crippen LogP contribution < -0.4 is 5.43 Å². The Balaban J connectivity index is 1.86. The Bertz CT molecular complexity index is 1290. The number of hydrogen-bond acceptors (Lipinski definition) is 6. The maximum absolute atomic E-state index is 14.0. The second-order valence-corrected chi connectivity index (χ2v) is 6.71. The fourth-order valence-corrected chi connectivity index (χ4v) is 3.15. The molecule has 0 aliphatic carbocycles. The van der Waals surface area contributed by atoms with Crippen LogP contribution in [-0.2, 0) is 11.3 Å². The van der Waals surface area contributed by atoms with E-state index in [1.165, 1.54) is 17.1 Å². The zero-order chi connectivity index (χ0) is 21.3. The molecule has 3 heterocycles. The molecular weight excluding hydrogens is 413 g/mol. The average molecular weight is 428 g/mol. The van der Waals surface area contributed by atoms with Crippen LogP contribution in [0.4, 0.5) is 4.39 Å². The van der Waals surface area contributed by atoms with Crippen molar-refractivity contribution in [2.75, 3.05) is 6.61 Å². The van der Waals surface area contributed by atoms with Crippen molar-refractivity contribution >= 4 is 28.6 Å². The predicted molar refractivity (Wildman–Crippen MR) is 107 cm³/mol. The molecule has 4 aromatic rings. The SMILES string of the molecule is CCOC(=O)c1cn(-c2ccc(Cn3cncn3)cc2)c2nc(Cl)c(F)cc2c1=O. The number of ether oxygens (including phenoxy) is 1. The van der Waals surface area contributed by atoms with Crippen LogP contribution in [0.15, 0.2) is 54.0 Å². The van der Waals surface area contributed by atoms with Gasteiger partial charge in [-0.2, -0.15) is 5.10 Å². The Hall–Kier alpha value is -3.59. The molecule has 0 aliphatic rings. The summed E-state index contributed by atoms with van der Waals surface area (Å²) in [6.07, 6.45) is 4.39. The molecule has 8 nitrogen and oxygen atoms in total. The highest BCUT2D eigenvalue weighted by atomic mass is 35.5. The summed E-state index contributed by atoms with van der Waals surface area (Å²) in [4.78, 5) is 33.0.